The Hall–Kier alpha value is -1.28. The van der Waals surface area contributed by atoms with Crippen molar-refractivity contribution in [1.29, 1.82) is 0 Å². The van der Waals surface area contributed by atoms with Crippen molar-refractivity contribution in [2.75, 3.05) is 6.61 Å². The van der Waals surface area contributed by atoms with E-state index in [2.05, 4.69) is 11.9 Å². The first-order valence-electron chi connectivity index (χ1n) is 4.91. The Bertz CT molecular complexity index is 293. The van der Waals surface area contributed by atoms with Crippen molar-refractivity contribution in [2.24, 2.45) is 0 Å². The van der Waals surface area contributed by atoms with E-state index in [0.717, 1.165) is 0 Å². The zero-order valence-corrected chi connectivity index (χ0v) is 9.41. The average Bonchev–Trinajstić information content (AvgIpc) is 2.32. The van der Waals surface area contributed by atoms with Crippen molar-refractivity contribution < 1.29 is 30.0 Å². The number of aldehydes is 1. The zero-order valence-electron chi connectivity index (χ0n) is 9.41. The van der Waals surface area contributed by atoms with Gasteiger partial charge in [0, 0.05) is 5.57 Å². The summed E-state index contributed by atoms with van der Waals surface area (Å²) in [5.74, 6) is -0.660. The summed E-state index contributed by atoms with van der Waals surface area (Å²) in [6.45, 7) is 3.96. The maximum atomic E-state index is 11.2. The molecular weight excluding hydrogens is 230 g/mol. The van der Waals surface area contributed by atoms with Gasteiger partial charge in [0.05, 0.1) is 6.61 Å². The molecule has 4 unspecified atom stereocenters. The Balaban J connectivity index is 4.60. The lowest BCUT2D eigenvalue weighted by Gasteiger charge is -2.26. The summed E-state index contributed by atoms with van der Waals surface area (Å²) >= 11 is 0. The number of carbonyl (C=O) groups excluding carboxylic acids is 2. The molecule has 0 saturated heterocycles. The lowest BCUT2D eigenvalue weighted by atomic mass is 10.0. The summed E-state index contributed by atoms with van der Waals surface area (Å²) in [6.07, 6.45) is -4.86. The van der Waals surface area contributed by atoms with Gasteiger partial charge in [-0.3, -0.25) is 4.79 Å². The molecule has 0 saturated carbocycles. The van der Waals surface area contributed by atoms with Crippen LogP contribution in [0.15, 0.2) is 12.2 Å². The Labute approximate surface area is 98.4 Å². The van der Waals surface area contributed by atoms with Crippen LogP contribution < -0.4 is 5.32 Å². The van der Waals surface area contributed by atoms with Crippen LogP contribution in [0.25, 0.3) is 0 Å². The fourth-order valence-electron chi connectivity index (χ4n) is 1.02. The monoisotopic (exact) mass is 247 g/mol. The van der Waals surface area contributed by atoms with Gasteiger partial charge in [-0.2, -0.15) is 0 Å². The smallest absolute Gasteiger partial charge is 0.246 e. The standard InChI is InChI=1S/C10H17NO6/c1-5(2)10(17)11-6(3-12)8(15)9(16)7(14)4-13/h3,6-9,13-16H,1,4H2,2H3,(H,11,17). The molecule has 5 N–H and O–H groups in total. The molecule has 0 aromatic rings. The van der Waals surface area contributed by atoms with E-state index in [1.54, 1.807) is 0 Å². The highest BCUT2D eigenvalue weighted by Crippen LogP contribution is 2.04. The van der Waals surface area contributed by atoms with E-state index in [1.165, 1.54) is 6.92 Å². The number of amides is 1. The fraction of sp³-hybridized carbons (Fsp3) is 0.600. The van der Waals surface area contributed by atoms with Crippen LogP contribution in [0.2, 0.25) is 0 Å². The molecule has 0 bridgehead atoms. The topological polar surface area (TPSA) is 127 Å². The molecule has 0 aliphatic rings. The van der Waals surface area contributed by atoms with Gasteiger partial charge in [0.1, 0.15) is 30.6 Å². The molecule has 0 rings (SSSR count). The Kier molecular flexibility index (Phi) is 6.59. The Morgan fingerprint density at radius 2 is 1.88 bits per heavy atom. The first kappa shape index (κ1) is 15.7. The molecule has 0 heterocycles. The van der Waals surface area contributed by atoms with Crippen LogP contribution in [-0.2, 0) is 9.59 Å². The van der Waals surface area contributed by atoms with Crippen molar-refractivity contribution in [2.45, 2.75) is 31.3 Å². The maximum Gasteiger partial charge on any atom is 0.246 e. The summed E-state index contributed by atoms with van der Waals surface area (Å²) in [4.78, 5) is 21.9. The van der Waals surface area contributed by atoms with Crippen molar-refractivity contribution in [1.82, 2.24) is 5.32 Å². The van der Waals surface area contributed by atoms with E-state index >= 15 is 0 Å². The molecule has 98 valence electrons. The number of aliphatic hydroxyl groups excluding tert-OH is 4. The zero-order chi connectivity index (χ0) is 13.6. The van der Waals surface area contributed by atoms with Gasteiger partial charge in [-0.1, -0.05) is 6.58 Å². The number of aliphatic hydroxyl groups is 4. The van der Waals surface area contributed by atoms with Crippen LogP contribution in [-0.4, -0.2) is 63.6 Å². The molecule has 0 aliphatic heterocycles. The van der Waals surface area contributed by atoms with E-state index in [-0.39, 0.29) is 11.9 Å². The summed E-state index contributed by atoms with van der Waals surface area (Å²) in [6, 6.07) is -1.39. The van der Waals surface area contributed by atoms with Gasteiger partial charge in [0.15, 0.2) is 0 Å². The van der Waals surface area contributed by atoms with E-state index in [0.29, 0.717) is 0 Å². The second kappa shape index (κ2) is 7.13. The van der Waals surface area contributed by atoms with Crippen LogP contribution >= 0.6 is 0 Å². The van der Waals surface area contributed by atoms with Crippen LogP contribution in [0.4, 0.5) is 0 Å². The minimum atomic E-state index is -1.75. The second-order valence-corrected chi connectivity index (χ2v) is 3.65. The number of rotatable bonds is 7. The highest BCUT2D eigenvalue weighted by molar-refractivity contribution is 5.93. The maximum absolute atomic E-state index is 11.2. The molecule has 1 amide bonds. The highest BCUT2D eigenvalue weighted by Gasteiger charge is 2.31. The van der Waals surface area contributed by atoms with Crippen molar-refractivity contribution in [3.05, 3.63) is 12.2 Å². The largest absolute Gasteiger partial charge is 0.394 e. The van der Waals surface area contributed by atoms with E-state index in [9.17, 15) is 19.8 Å². The van der Waals surface area contributed by atoms with E-state index in [4.69, 9.17) is 10.2 Å². The van der Waals surface area contributed by atoms with Gasteiger partial charge in [-0.25, -0.2) is 0 Å². The number of hydrogen-bond acceptors (Lipinski definition) is 6. The molecular formula is C10H17NO6. The van der Waals surface area contributed by atoms with E-state index < -0.39 is 36.9 Å². The summed E-state index contributed by atoms with van der Waals surface area (Å²) in [7, 11) is 0. The van der Waals surface area contributed by atoms with Gasteiger partial charge < -0.3 is 30.5 Å². The van der Waals surface area contributed by atoms with Gasteiger partial charge in [0.25, 0.3) is 0 Å². The third kappa shape index (κ3) is 4.61. The molecule has 0 aromatic heterocycles. The van der Waals surface area contributed by atoms with Crippen molar-refractivity contribution in [3.8, 4) is 0 Å². The van der Waals surface area contributed by atoms with Crippen LogP contribution in [0.5, 0.6) is 0 Å². The molecule has 0 fully saturated rings. The third-order valence-corrected chi connectivity index (χ3v) is 2.13. The molecule has 0 spiro atoms. The van der Waals surface area contributed by atoms with Gasteiger partial charge in [-0.15, -0.1) is 0 Å². The lowest BCUT2D eigenvalue weighted by molar-refractivity contribution is -0.128. The molecule has 17 heavy (non-hydrogen) atoms. The quantitative estimate of drug-likeness (QED) is 0.246. The van der Waals surface area contributed by atoms with Crippen molar-refractivity contribution in [3.63, 3.8) is 0 Å². The predicted molar refractivity (Wildman–Crippen MR) is 57.9 cm³/mol. The minimum Gasteiger partial charge on any atom is -0.394 e. The van der Waals surface area contributed by atoms with Gasteiger partial charge in [0.2, 0.25) is 5.91 Å². The summed E-state index contributed by atoms with van der Waals surface area (Å²) < 4.78 is 0. The molecule has 0 aliphatic carbocycles. The molecule has 0 radical (unpaired) electrons. The van der Waals surface area contributed by atoms with Gasteiger partial charge in [-0.05, 0) is 6.92 Å². The molecule has 4 atom stereocenters. The normalized spacial score (nSPS) is 17.7. The number of hydrogen-bond donors (Lipinski definition) is 5. The number of carbonyl (C=O) groups is 2. The predicted octanol–water partition coefficient (Wildman–Crippen LogP) is -2.68. The van der Waals surface area contributed by atoms with Crippen LogP contribution in [0, 0.1) is 0 Å². The highest BCUT2D eigenvalue weighted by atomic mass is 16.4. The van der Waals surface area contributed by atoms with Crippen molar-refractivity contribution >= 4 is 12.2 Å². The Morgan fingerprint density at radius 3 is 2.24 bits per heavy atom. The van der Waals surface area contributed by atoms with Crippen LogP contribution in [0.1, 0.15) is 6.92 Å². The summed E-state index contributed by atoms with van der Waals surface area (Å²) in [5, 5.41) is 38.6. The second-order valence-electron chi connectivity index (χ2n) is 3.65. The molecule has 0 aromatic carbocycles. The van der Waals surface area contributed by atoms with Crippen LogP contribution in [0.3, 0.4) is 0 Å². The lowest BCUT2D eigenvalue weighted by Crippen LogP contribution is -2.53. The third-order valence-electron chi connectivity index (χ3n) is 2.13. The fourth-order valence-corrected chi connectivity index (χ4v) is 1.02. The first-order chi connectivity index (χ1) is 7.84. The Morgan fingerprint density at radius 1 is 1.35 bits per heavy atom. The number of nitrogens with one attached hydrogen (secondary N) is 1. The van der Waals surface area contributed by atoms with Gasteiger partial charge >= 0.3 is 0 Å². The van der Waals surface area contributed by atoms with E-state index in [1.807, 2.05) is 0 Å². The first-order valence-corrected chi connectivity index (χ1v) is 4.91. The summed E-state index contributed by atoms with van der Waals surface area (Å²) in [5.41, 5.74) is 0.126. The molecule has 7 nitrogen and oxygen atoms in total. The average molecular weight is 247 g/mol. The SMILES string of the molecule is C=C(C)C(=O)NC(C=O)C(O)C(O)C(O)CO. The minimum absolute atomic E-state index is 0.126. The molecule has 7 heteroatoms.